The molecule has 0 spiro atoms. The van der Waals surface area contributed by atoms with E-state index in [1.807, 2.05) is 30.5 Å². The summed E-state index contributed by atoms with van der Waals surface area (Å²) in [5, 5.41) is 4.43. The molecule has 0 saturated carbocycles. The number of aliphatic imine (C=N–C) groups is 1. The van der Waals surface area contributed by atoms with Crippen molar-refractivity contribution in [1.29, 1.82) is 0 Å². The van der Waals surface area contributed by atoms with Gasteiger partial charge < -0.3 is 10.3 Å². The van der Waals surface area contributed by atoms with Crippen molar-refractivity contribution >= 4 is 45.5 Å². The number of nitrogens with one attached hydrogen (secondary N) is 2. The van der Waals surface area contributed by atoms with E-state index in [1.54, 1.807) is 18.2 Å². The van der Waals surface area contributed by atoms with Crippen molar-refractivity contribution in [2.75, 3.05) is 5.32 Å². The molecule has 102 valence electrons. The fraction of sp³-hybridized carbons (Fsp3) is 0. The minimum Gasteiger partial charge on any atom is -0.361 e. The Bertz CT molecular complexity index is 911. The third kappa shape index (κ3) is 2.00. The standard InChI is InChI=1S/C16H10ClN3O/c17-10-1-3-14-12(8-10)15(16(21)20-14)19-11-2-4-13-9(7-11)5-6-18-13/h1-8,18H,(H,19,20,21). The first-order chi connectivity index (χ1) is 10.2. The molecular weight excluding hydrogens is 286 g/mol. The summed E-state index contributed by atoms with van der Waals surface area (Å²) in [6, 6.07) is 13.0. The van der Waals surface area contributed by atoms with Crippen LogP contribution < -0.4 is 5.32 Å². The highest BCUT2D eigenvalue weighted by molar-refractivity contribution is 6.54. The van der Waals surface area contributed by atoms with Crippen LogP contribution in [-0.2, 0) is 4.79 Å². The lowest BCUT2D eigenvalue weighted by Crippen LogP contribution is -2.13. The molecular formula is C16H10ClN3O. The minimum atomic E-state index is -0.207. The van der Waals surface area contributed by atoms with E-state index in [2.05, 4.69) is 15.3 Å². The average Bonchev–Trinajstić information content (AvgIpc) is 3.04. The normalized spacial score (nSPS) is 15.5. The van der Waals surface area contributed by atoms with Crippen molar-refractivity contribution in [3.05, 3.63) is 59.2 Å². The number of aromatic amines is 1. The average molecular weight is 296 g/mol. The molecule has 3 aromatic rings. The van der Waals surface area contributed by atoms with Gasteiger partial charge in [0.1, 0.15) is 5.71 Å². The quantitative estimate of drug-likeness (QED) is 0.703. The Kier molecular flexibility index (Phi) is 2.59. The molecule has 0 bridgehead atoms. The predicted octanol–water partition coefficient (Wildman–Crippen LogP) is 3.89. The Hall–Kier alpha value is -2.59. The van der Waals surface area contributed by atoms with E-state index in [9.17, 15) is 4.79 Å². The summed E-state index contributed by atoms with van der Waals surface area (Å²) in [7, 11) is 0. The zero-order valence-electron chi connectivity index (χ0n) is 10.9. The number of halogens is 1. The van der Waals surface area contributed by atoms with Gasteiger partial charge in [-0.1, -0.05) is 11.6 Å². The third-order valence-electron chi connectivity index (χ3n) is 3.48. The maximum atomic E-state index is 12.1. The van der Waals surface area contributed by atoms with Crippen molar-refractivity contribution in [3.63, 3.8) is 0 Å². The zero-order valence-corrected chi connectivity index (χ0v) is 11.6. The maximum absolute atomic E-state index is 12.1. The minimum absolute atomic E-state index is 0.207. The molecule has 0 saturated heterocycles. The molecule has 4 nitrogen and oxygen atoms in total. The van der Waals surface area contributed by atoms with Gasteiger partial charge in [-0.15, -0.1) is 0 Å². The van der Waals surface area contributed by atoms with Gasteiger partial charge in [-0.05, 0) is 42.5 Å². The van der Waals surface area contributed by atoms with Crippen LogP contribution in [0.1, 0.15) is 5.56 Å². The molecule has 5 heteroatoms. The Morgan fingerprint density at radius 1 is 1.05 bits per heavy atom. The fourth-order valence-corrected chi connectivity index (χ4v) is 2.65. The lowest BCUT2D eigenvalue weighted by atomic mass is 10.1. The number of aromatic nitrogens is 1. The first-order valence-corrected chi connectivity index (χ1v) is 6.86. The number of rotatable bonds is 1. The molecule has 1 aliphatic heterocycles. The second-order valence-electron chi connectivity index (χ2n) is 4.85. The van der Waals surface area contributed by atoms with Crippen LogP contribution in [0.5, 0.6) is 0 Å². The summed E-state index contributed by atoms with van der Waals surface area (Å²) in [6.07, 6.45) is 1.87. The van der Waals surface area contributed by atoms with Gasteiger partial charge in [-0.3, -0.25) is 4.79 Å². The molecule has 1 aliphatic rings. The predicted molar refractivity (Wildman–Crippen MR) is 84.6 cm³/mol. The Labute approximate surface area is 125 Å². The number of H-pyrrole nitrogens is 1. The van der Waals surface area contributed by atoms with E-state index in [0.29, 0.717) is 10.7 Å². The SMILES string of the molecule is O=C1Nc2ccc(Cl)cc2C1=Nc1ccc2[nH]ccc2c1. The van der Waals surface area contributed by atoms with Gasteiger partial charge in [-0.2, -0.15) is 0 Å². The Balaban J connectivity index is 1.85. The summed E-state index contributed by atoms with van der Waals surface area (Å²) in [4.78, 5) is 19.7. The van der Waals surface area contributed by atoms with Gasteiger partial charge in [0.2, 0.25) is 0 Å². The molecule has 1 aromatic heterocycles. The van der Waals surface area contributed by atoms with Crippen LogP contribution in [0.25, 0.3) is 10.9 Å². The fourth-order valence-electron chi connectivity index (χ4n) is 2.48. The highest BCUT2D eigenvalue weighted by Crippen LogP contribution is 2.29. The first kappa shape index (κ1) is 12.2. The van der Waals surface area contributed by atoms with Gasteiger partial charge in [0.25, 0.3) is 5.91 Å². The van der Waals surface area contributed by atoms with Crippen LogP contribution in [0.15, 0.2) is 53.7 Å². The largest absolute Gasteiger partial charge is 0.361 e. The lowest BCUT2D eigenvalue weighted by molar-refractivity contribution is -0.110. The van der Waals surface area contributed by atoms with Crippen LogP contribution in [-0.4, -0.2) is 16.6 Å². The Morgan fingerprint density at radius 2 is 1.95 bits per heavy atom. The molecule has 1 amide bonds. The molecule has 2 N–H and O–H groups in total. The van der Waals surface area contributed by atoms with Crippen LogP contribution >= 0.6 is 11.6 Å². The lowest BCUT2D eigenvalue weighted by Gasteiger charge is -1.99. The highest BCUT2D eigenvalue weighted by Gasteiger charge is 2.26. The van der Waals surface area contributed by atoms with Crippen molar-refractivity contribution in [2.45, 2.75) is 0 Å². The monoisotopic (exact) mass is 295 g/mol. The van der Waals surface area contributed by atoms with Crippen molar-refractivity contribution in [3.8, 4) is 0 Å². The van der Waals surface area contributed by atoms with Crippen molar-refractivity contribution in [1.82, 2.24) is 4.98 Å². The summed E-state index contributed by atoms with van der Waals surface area (Å²) in [5.74, 6) is -0.207. The van der Waals surface area contributed by atoms with Crippen LogP contribution in [0.3, 0.4) is 0 Å². The summed E-state index contributed by atoms with van der Waals surface area (Å²) in [5.41, 5.74) is 3.65. The van der Waals surface area contributed by atoms with Crippen molar-refractivity contribution in [2.24, 2.45) is 4.99 Å². The molecule has 2 heterocycles. The molecule has 0 atom stereocenters. The number of nitrogens with zero attached hydrogens (tertiary/aromatic N) is 1. The molecule has 0 aliphatic carbocycles. The zero-order chi connectivity index (χ0) is 14.4. The second kappa shape index (κ2) is 4.46. The van der Waals surface area contributed by atoms with Gasteiger partial charge >= 0.3 is 0 Å². The highest BCUT2D eigenvalue weighted by atomic mass is 35.5. The topological polar surface area (TPSA) is 57.2 Å². The van der Waals surface area contributed by atoms with Crippen LogP contribution in [0.4, 0.5) is 11.4 Å². The summed E-state index contributed by atoms with van der Waals surface area (Å²) < 4.78 is 0. The molecule has 0 radical (unpaired) electrons. The van der Waals surface area contributed by atoms with Gasteiger partial charge in [0.15, 0.2) is 0 Å². The smallest absolute Gasteiger partial charge is 0.275 e. The van der Waals surface area contributed by atoms with E-state index in [0.717, 1.165) is 27.8 Å². The first-order valence-electron chi connectivity index (χ1n) is 6.48. The van der Waals surface area contributed by atoms with Crippen LogP contribution in [0.2, 0.25) is 5.02 Å². The Morgan fingerprint density at radius 3 is 2.86 bits per heavy atom. The molecule has 0 fully saturated rings. The van der Waals surface area contributed by atoms with Crippen molar-refractivity contribution < 1.29 is 4.79 Å². The van der Waals surface area contributed by atoms with E-state index in [1.165, 1.54) is 0 Å². The van der Waals surface area contributed by atoms with Gasteiger partial charge in [0, 0.05) is 27.7 Å². The van der Waals surface area contributed by atoms with E-state index in [-0.39, 0.29) is 5.91 Å². The number of hydrogen-bond donors (Lipinski definition) is 2. The number of benzene rings is 2. The molecule has 0 unspecified atom stereocenters. The third-order valence-corrected chi connectivity index (χ3v) is 3.71. The number of carbonyl (C=O) groups is 1. The second-order valence-corrected chi connectivity index (χ2v) is 5.29. The number of amides is 1. The maximum Gasteiger partial charge on any atom is 0.275 e. The number of carbonyl (C=O) groups excluding carboxylic acids is 1. The molecule has 4 rings (SSSR count). The number of fused-ring (bicyclic) bond motifs is 2. The summed E-state index contributed by atoms with van der Waals surface area (Å²) in [6.45, 7) is 0. The van der Waals surface area contributed by atoms with Crippen LogP contribution in [0, 0.1) is 0 Å². The summed E-state index contributed by atoms with van der Waals surface area (Å²) >= 11 is 6.00. The van der Waals surface area contributed by atoms with E-state index >= 15 is 0 Å². The number of anilines is 1. The van der Waals surface area contributed by atoms with Gasteiger partial charge in [-0.25, -0.2) is 4.99 Å². The van der Waals surface area contributed by atoms with Gasteiger partial charge in [0.05, 0.1) is 11.4 Å². The van der Waals surface area contributed by atoms with E-state index < -0.39 is 0 Å². The van der Waals surface area contributed by atoms with E-state index in [4.69, 9.17) is 11.6 Å². The number of hydrogen-bond acceptors (Lipinski definition) is 2. The molecule has 21 heavy (non-hydrogen) atoms. The molecule has 2 aromatic carbocycles.